The smallest absolute Gasteiger partial charge is 0.0719 e. The number of nitrogens with two attached hydrogens (primary N) is 1. The Hall–Kier alpha value is -1.03. The molecule has 2 atom stereocenters. The van der Waals surface area contributed by atoms with E-state index in [1.54, 1.807) is 6.20 Å². The van der Waals surface area contributed by atoms with E-state index < -0.39 is 0 Å². The average molecular weight is 251 g/mol. The van der Waals surface area contributed by atoms with E-state index in [2.05, 4.69) is 25.9 Å². The highest BCUT2D eigenvalue weighted by Gasteiger charge is 2.32. The number of hydrogen-bond donors (Lipinski definition) is 1. The van der Waals surface area contributed by atoms with E-state index in [0.29, 0.717) is 23.8 Å². The molecule has 102 valence electrons. The maximum atomic E-state index is 6.00. The minimum absolute atomic E-state index is 0.400. The van der Waals surface area contributed by atoms with Gasteiger partial charge in [-0.05, 0) is 30.6 Å². The van der Waals surface area contributed by atoms with Crippen molar-refractivity contribution in [2.45, 2.75) is 52.7 Å². The quantitative estimate of drug-likeness (QED) is 0.895. The zero-order valence-electron chi connectivity index (χ0n) is 11.7. The summed E-state index contributed by atoms with van der Waals surface area (Å²) in [6, 6.07) is 0. The summed E-state index contributed by atoms with van der Waals surface area (Å²) in [5, 5.41) is 4.15. The molecule has 0 aliphatic heterocycles. The van der Waals surface area contributed by atoms with Crippen LogP contribution in [0.15, 0.2) is 12.4 Å². The van der Waals surface area contributed by atoms with Crippen LogP contribution in [0, 0.1) is 11.3 Å². The van der Waals surface area contributed by atoms with E-state index in [1.165, 1.54) is 19.3 Å². The fraction of sp³-hybridized carbons (Fsp3) is 0.786. The van der Waals surface area contributed by atoms with Crippen molar-refractivity contribution in [2.24, 2.45) is 11.3 Å². The third kappa shape index (κ3) is 3.73. The first-order valence-corrected chi connectivity index (χ1v) is 6.84. The summed E-state index contributed by atoms with van der Waals surface area (Å²) in [7, 11) is 0. The fourth-order valence-electron chi connectivity index (χ4n) is 3.20. The lowest BCUT2D eigenvalue weighted by molar-refractivity contribution is -0.0261. The van der Waals surface area contributed by atoms with Crippen LogP contribution in [0.25, 0.3) is 0 Å². The summed E-state index contributed by atoms with van der Waals surface area (Å²) in [5.41, 5.74) is 6.75. The zero-order valence-corrected chi connectivity index (χ0v) is 11.7. The predicted octanol–water partition coefficient (Wildman–Crippen LogP) is 2.70. The van der Waals surface area contributed by atoms with Gasteiger partial charge in [-0.1, -0.05) is 20.8 Å². The summed E-state index contributed by atoms with van der Waals surface area (Å²) in [6.45, 7) is 8.50. The van der Waals surface area contributed by atoms with Crippen LogP contribution in [0.5, 0.6) is 0 Å². The number of hydrogen-bond acceptors (Lipinski definition) is 3. The van der Waals surface area contributed by atoms with E-state index in [4.69, 9.17) is 10.5 Å². The van der Waals surface area contributed by atoms with Crippen molar-refractivity contribution < 1.29 is 4.74 Å². The van der Waals surface area contributed by atoms with Gasteiger partial charge in [-0.3, -0.25) is 4.68 Å². The van der Waals surface area contributed by atoms with E-state index in [0.717, 1.165) is 12.5 Å². The standard InChI is InChI=1S/C14H25N3O/c1-11-6-13(8-14(2,3)7-11)18-5-4-17-10-12(15)9-16-17/h9-11,13H,4-8,15H2,1-3H3. The maximum absolute atomic E-state index is 6.00. The number of nitrogen functional groups attached to an aromatic ring is 1. The van der Waals surface area contributed by atoms with Crippen molar-refractivity contribution in [3.05, 3.63) is 12.4 Å². The van der Waals surface area contributed by atoms with Crippen molar-refractivity contribution in [1.82, 2.24) is 9.78 Å². The molecule has 0 bridgehead atoms. The van der Waals surface area contributed by atoms with E-state index in [1.807, 2.05) is 10.9 Å². The van der Waals surface area contributed by atoms with E-state index in [-0.39, 0.29) is 0 Å². The Bertz CT molecular complexity index is 386. The summed E-state index contributed by atoms with van der Waals surface area (Å²) in [6.07, 6.45) is 7.57. The van der Waals surface area contributed by atoms with Gasteiger partial charge in [0.2, 0.25) is 0 Å². The van der Waals surface area contributed by atoms with E-state index >= 15 is 0 Å². The molecule has 0 radical (unpaired) electrons. The van der Waals surface area contributed by atoms with Gasteiger partial charge in [0.1, 0.15) is 0 Å². The second kappa shape index (κ2) is 5.31. The second-order valence-electron chi connectivity index (χ2n) is 6.44. The van der Waals surface area contributed by atoms with Crippen LogP contribution in [-0.4, -0.2) is 22.5 Å². The molecular formula is C14H25N3O. The molecule has 1 aromatic rings. The number of anilines is 1. The number of ether oxygens (including phenoxy) is 1. The second-order valence-corrected chi connectivity index (χ2v) is 6.44. The van der Waals surface area contributed by atoms with Crippen LogP contribution < -0.4 is 5.73 Å². The van der Waals surface area contributed by atoms with Crippen molar-refractivity contribution in [2.75, 3.05) is 12.3 Å². The van der Waals surface area contributed by atoms with Crippen LogP contribution in [0.1, 0.15) is 40.0 Å². The normalized spacial score (nSPS) is 27.3. The molecule has 1 saturated carbocycles. The Kier molecular flexibility index (Phi) is 3.95. The Balaban J connectivity index is 1.76. The van der Waals surface area contributed by atoms with Crippen LogP contribution in [-0.2, 0) is 11.3 Å². The zero-order chi connectivity index (χ0) is 13.2. The van der Waals surface area contributed by atoms with Gasteiger partial charge in [-0.25, -0.2) is 0 Å². The Morgan fingerprint density at radius 1 is 1.50 bits per heavy atom. The van der Waals surface area contributed by atoms with Gasteiger partial charge in [0, 0.05) is 6.20 Å². The summed E-state index contributed by atoms with van der Waals surface area (Å²) in [4.78, 5) is 0. The molecule has 4 nitrogen and oxygen atoms in total. The average Bonchev–Trinajstić information content (AvgIpc) is 2.61. The Morgan fingerprint density at radius 3 is 2.89 bits per heavy atom. The highest BCUT2D eigenvalue weighted by Crippen LogP contribution is 2.39. The highest BCUT2D eigenvalue weighted by molar-refractivity contribution is 5.30. The lowest BCUT2D eigenvalue weighted by Gasteiger charge is -2.38. The summed E-state index contributed by atoms with van der Waals surface area (Å²) in [5.74, 6) is 0.763. The predicted molar refractivity (Wildman–Crippen MR) is 73.2 cm³/mol. The Morgan fingerprint density at radius 2 is 2.28 bits per heavy atom. The number of rotatable bonds is 4. The van der Waals surface area contributed by atoms with Crippen LogP contribution >= 0.6 is 0 Å². The molecule has 4 heteroatoms. The summed E-state index contributed by atoms with van der Waals surface area (Å²) >= 11 is 0. The van der Waals surface area contributed by atoms with Crippen molar-refractivity contribution in [1.29, 1.82) is 0 Å². The lowest BCUT2D eigenvalue weighted by Crippen LogP contribution is -2.33. The third-order valence-electron chi connectivity index (χ3n) is 3.67. The molecule has 2 rings (SSSR count). The van der Waals surface area contributed by atoms with Crippen LogP contribution in [0.3, 0.4) is 0 Å². The van der Waals surface area contributed by atoms with Gasteiger partial charge in [-0.15, -0.1) is 0 Å². The van der Waals surface area contributed by atoms with Crippen molar-refractivity contribution in [3.8, 4) is 0 Å². The summed E-state index contributed by atoms with van der Waals surface area (Å²) < 4.78 is 7.84. The number of aromatic nitrogens is 2. The molecule has 0 aromatic carbocycles. The Labute approximate surface area is 110 Å². The molecule has 1 heterocycles. The molecule has 1 fully saturated rings. The van der Waals surface area contributed by atoms with Gasteiger partial charge >= 0.3 is 0 Å². The molecule has 1 aliphatic carbocycles. The molecule has 2 N–H and O–H groups in total. The molecule has 1 aliphatic rings. The minimum atomic E-state index is 0.400. The SMILES string of the molecule is CC1CC(OCCn2cc(N)cn2)CC(C)(C)C1. The first-order valence-electron chi connectivity index (χ1n) is 6.84. The maximum Gasteiger partial charge on any atom is 0.0719 e. The number of nitrogens with zero attached hydrogens (tertiary/aromatic N) is 2. The highest BCUT2D eigenvalue weighted by atomic mass is 16.5. The van der Waals surface area contributed by atoms with Crippen LogP contribution in [0.2, 0.25) is 0 Å². The van der Waals surface area contributed by atoms with Gasteiger partial charge in [-0.2, -0.15) is 5.10 Å². The molecule has 0 saturated heterocycles. The third-order valence-corrected chi connectivity index (χ3v) is 3.67. The van der Waals surface area contributed by atoms with Gasteiger partial charge in [0.05, 0.1) is 31.1 Å². The van der Waals surface area contributed by atoms with Gasteiger partial charge in [0.25, 0.3) is 0 Å². The first kappa shape index (κ1) is 13.4. The molecule has 18 heavy (non-hydrogen) atoms. The molecule has 2 unspecified atom stereocenters. The van der Waals surface area contributed by atoms with E-state index in [9.17, 15) is 0 Å². The largest absolute Gasteiger partial charge is 0.396 e. The van der Waals surface area contributed by atoms with Crippen molar-refractivity contribution >= 4 is 5.69 Å². The molecule has 1 aromatic heterocycles. The van der Waals surface area contributed by atoms with Crippen LogP contribution in [0.4, 0.5) is 5.69 Å². The first-order chi connectivity index (χ1) is 8.44. The lowest BCUT2D eigenvalue weighted by atomic mass is 9.71. The topological polar surface area (TPSA) is 53.1 Å². The fourth-order valence-corrected chi connectivity index (χ4v) is 3.20. The van der Waals surface area contributed by atoms with Crippen molar-refractivity contribution in [3.63, 3.8) is 0 Å². The monoisotopic (exact) mass is 251 g/mol. The molecule has 0 spiro atoms. The van der Waals surface area contributed by atoms with Gasteiger partial charge in [0.15, 0.2) is 0 Å². The van der Waals surface area contributed by atoms with Gasteiger partial charge < -0.3 is 10.5 Å². The molecular weight excluding hydrogens is 226 g/mol. The molecule has 0 amide bonds. The minimum Gasteiger partial charge on any atom is -0.396 e.